The first-order valence-corrected chi connectivity index (χ1v) is 6.32. The van der Waals surface area contributed by atoms with Gasteiger partial charge in [-0.05, 0) is 31.7 Å². The summed E-state index contributed by atoms with van der Waals surface area (Å²) in [5.41, 5.74) is 2.20. The van der Waals surface area contributed by atoms with Crippen molar-refractivity contribution in [2.75, 3.05) is 6.54 Å². The zero-order valence-electron chi connectivity index (χ0n) is 11.3. The average Bonchev–Trinajstić information content (AvgIpc) is 2.64. The molecule has 0 bridgehead atoms. The number of aryl methyl sites for hydroxylation is 3. The first kappa shape index (κ1) is 13.7. The van der Waals surface area contributed by atoms with Crippen LogP contribution in [-0.4, -0.2) is 22.2 Å². The molecule has 0 spiro atoms. The summed E-state index contributed by atoms with van der Waals surface area (Å²) in [7, 11) is 0. The second kappa shape index (κ2) is 6.42. The van der Waals surface area contributed by atoms with Crippen molar-refractivity contribution < 1.29 is 4.79 Å². The van der Waals surface area contributed by atoms with Crippen LogP contribution in [0.1, 0.15) is 38.4 Å². The highest BCUT2D eigenvalue weighted by atomic mass is 16.1. The summed E-state index contributed by atoms with van der Waals surface area (Å²) < 4.78 is 1.91. The molecule has 1 aromatic rings. The molecule has 1 amide bonds. The molecule has 0 aliphatic rings. The smallest absolute Gasteiger partial charge is 0.220 e. The third-order valence-corrected chi connectivity index (χ3v) is 2.70. The van der Waals surface area contributed by atoms with Gasteiger partial charge in [0.1, 0.15) is 0 Å². The molecule has 4 heteroatoms. The molecular weight excluding hydrogens is 214 g/mol. The van der Waals surface area contributed by atoms with Crippen LogP contribution in [0.25, 0.3) is 0 Å². The number of carbonyl (C=O) groups excluding carboxylic acids is 1. The maximum absolute atomic E-state index is 11.6. The lowest BCUT2D eigenvalue weighted by Crippen LogP contribution is -2.27. The molecule has 17 heavy (non-hydrogen) atoms. The maximum atomic E-state index is 11.6. The van der Waals surface area contributed by atoms with Crippen LogP contribution in [0.4, 0.5) is 0 Å². The standard InChI is InChI=1S/C13H23N3O/c1-5-16-9-12(11(4)15-16)6-7-13(17)14-8-10(2)3/h9-10H,5-8H2,1-4H3,(H,14,17). The Morgan fingerprint density at radius 1 is 1.53 bits per heavy atom. The van der Waals surface area contributed by atoms with Crippen LogP contribution < -0.4 is 5.32 Å². The number of nitrogens with zero attached hydrogens (tertiary/aromatic N) is 2. The summed E-state index contributed by atoms with van der Waals surface area (Å²) >= 11 is 0. The van der Waals surface area contributed by atoms with E-state index < -0.39 is 0 Å². The van der Waals surface area contributed by atoms with Gasteiger partial charge in [0.05, 0.1) is 5.69 Å². The van der Waals surface area contributed by atoms with Gasteiger partial charge >= 0.3 is 0 Å². The van der Waals surface area contributed by atoms with Crippen molar-refractivity contribution in [3.8, 4) is 0 Å². The van der Waals surface area contributed by atoms with Crippen molar-refractivity contribution in [2.45, 2.75) is 47.1 Å². The van der Waals surface area contributed by atoms with E-state index in [-0.39, 0.29) is 5.91 Å². The number of carbonyl (C=O) groups is 1. The van der Waals surface area contributed by atoms with Gasteiger partial charge in [0.25, 0.3) is 0 Å². The lowest BCUT2D eigenvalue weighted by Gasteiger charge is -2.06. The van der Waals surface area contributed by atoms with E-state index in [1.54, 1.807) is 0 Å². The minimum Gasteiger partial charge on any atom is -0.356 e. The average molecular weight is 237 g/mol. The van der Waals surface area contributed by atoms with Crippen molar-refractivity contribution in [3.63, 3.8) is 0 Å². The first-order chi connectivity index (χ1) is 8.02. The van der Waals surface area contributed by atoms with Crippen molar-refractivity contribution in [2.24, 2.45) is 5.92 Å². The monoisotopic (exact) mass is 237 g/mol. The predicted molar refractivity (Wildman–Crippen MR) is 68.8 cm³/mol. The Kier molecular flexibility index (Phi) is 5.19. The summed E-state index contributed by atoms with van der Waals surface area (Å²) in [6.45, 7) is 9.87. The highest BCUT2D eigenvalue weighted by Crippen LogP contribution is 2.08. The van der Waals surface area contributed by atoms with Gasteiger partial charge in [-0.1, -0.05) is 13.8 Å². The van der Waals surface area contributed by atoms with Gasteiger partial charge in [0.15, 0.2) is 0 Å². The lowest BCUT2D eigenvalue weighted by atomic mass is 10.1. The molecule has 0 aliphatic carbocycles. The van der Waals surface area contributed by atoms with E-state index in [2.05, 4.69) is 31.2 Å². The summed E-state index contributed by atoms with van der Waals surface area (Å²) in [5, 5.41) is 7.29. The molecule has 1 heterocycles. The summed E-state index contributed by atoms with van der Waals surface area (Å²) in [4.78, 5) is 11.6. The fraction of sp³-hybridized carbons (Fsp3) is 0.692. The minimum atomic E-state index is 0.127. The molecular formula is C13H23N3O. The summed E-state index contributed by atoms with van der Waals surface area (Å²) in [6, 6.07) is 0. The second-order valence-electron chi connectivity index (χ2n) is 4.79. The second-order valence-corrected chi connectivity index (χ2v) is 4.79. The number of aromatic nitrogens is 2. The molecule has 1 N–H and O–H groups in total. The van der Waals surface area contributed by atoms with Crippen LogP contribution in [0.3, 0.4) is 0 Å². The van der Waals surface area contributed by atoms with Crippen LogP contribution in [0.15, 0.2) is 6.20 Å². The first-order valence-electron chi connectivity index (χ1n) is 6.32. The van der Waals surface area contributed by atoms with E-state index >= 15 is 0 Å². The van der Waals surface area contributed by atoms with Crippen LogP contribution in [0, 0.1) is 12.8 Å². The Bertz CT molecular complexity index is 369. The third-order valence-electron chi connectivity index (χ3n) is 2.70. The Morgan fingerprint density at radius 3 is 2.76 bits per heavy atom. The van der Waals surface area contributed by atoms with Crippen molar-refractivity contribution in [1.82, 2.24) is 15.1 Å². The molecule has 96 valence electrons. The van der Waals surface area contributed by atoms with Gasteiger partial charge in [0, 0.05) is 25.7 Å². The largest absolute Gasteiger partial charge is 0.356 e. The van der Waals surface area contributed by atoms with Gasteiger partial charge in [-0.25, -0.2) is 0 Å². The van der Waals surface area contributed by atoms with Crippen molar-refractivity contribution in [1.29, 1.82) is 0 Å². The number of hydrogen-bond donors (Lipinski definition) is 1. The zero-order chi connectivity index (χ0) is 12.8. The Balaban J connectivity index is 2.39. The fourth-order valence-electron chi connectivity index (χ4n) is 1.62. The third kappa shape index (κ3) is 4.59. The molecule has 0 radical (unpaired) electrons. The molecule has 0 fully saturated rings. The normalized spacial score (nSPS) is 10.9. The van der Waals surface area contributed by atoms with Gasteiger partial charge in [-0.15, -0.1) is 0 Å². The van der Waals surface area contributed by atoms with Crippen molar-refractivity contribution in [3.05, 3.63) is 17.5 Å². The number of rotatable bonds is 6. The number of nitrogens with one attached hydrogen (secondary N) is 1. The van der Waals surface area contributed by atoms with Crippen LogP contribution in [-0.2, 0) is 17.8 Å². The molecule has 4 nitrogen and oxygen atoms in total. The number of amides is 1. The minimum absolute atomic E-state index is 0.127. The quantitative estimate of drug-likeness (QED) is 0.821. The highest BCUT2D eigenvalue weighted by molar-refractivity contribution is 5.76. The molecule has 1 aromatic heterocycles. The summed E-state index contributed by atoms with van der Waals surface area (Å²) in [5.74, 6) is 0.630. The van der Waals surface area contributed by atoms with Gasteiger partial charge in [0.2, 0.25) is 5.91 Å². The number of hydrogen-bond acceptors (Lipinski definition) is 2. The van der Waals surface area contributed by atoms with E-state index in [1.165, 1.54) is 5.56 Å². The summed E-state index contributed by atoms with van der Waals surface area (Å²) in [6.07, 6.45) is 3.35. The topological polar surface area (TPSA) is 46.9 Å². The van der Waals surface area contributed by atoms with E-state index in [1.807, 2.05) is 17.8 Å². The molecule has 0 saturated carbocycles. The van der Waals surface area contributed by atoms with E-state index in [0.29, 0.717) is 12.3 Å². The van der Waals surface area contributed by atoms with Gasteiger partial charge < -0.3 is 5.32 Å². The highest BCUT2D eigenvalue weighted by Gasteiger charge is 2.07. The lowest BCUT2D eigenvalue weighted by molar-refractivity contribution is -0.121. The Morgan fingerprint density at radius 2 is 2.24 bits per heavy atom. The maximum Gasteiger partial charge on any atom is 0.220 e. The SMILES string of the molecule is CCn1cc(CCC(=O)NCC(C)C)c(C)n1. The van der Waals surface area contributed by atoms with Crippen LogP contribution >= 0.6 is 0 Å². The predicted octanol–water partition coefficient (Wildman–Crippen LogP) is 1.92. The molecule has 1 rings (SSSR count). The molecule has 0 saturated heterocycles. The van der Waals surface area contributed by atoms with Crippen LogP contribution in [0.5, 0.6) is 0 Å². The van der Waals surface area contributed by atoms with Crippen molar-refractivity contribution >= 4 is 5.91 Å². The van der Waals surface area contributed by atoms with E-state index in [0.717, 1.165) is 25.2 Å². The van der Waals surface area contributed by atoms with E-state index in [9.17, 15) is 4.79 Å². The fourth-order valence-corrected chi connectivity index (χ4v) is 1.62. The molecule has 0 aliphatic heterocycles. The molecule has 0 unspecified atom stereocenters. The Hall–Kier alpha value is -1.32. The van der Waals surface area contributed by atoms with Gasteiger partial charge in [-0.2, -0.15) is 5.10 Å². The molecule has 0 atom stereocenters. The van der Waals surface area contributed by atoms with Crippen LogP contribution in [0.2, 0.25) is 0 Å². The van der Waals surface area contributed by atoms with Gasteiger partial charge in [-0.3, -0.25) is 9.48 Å². The van der Waals surface area contributed by atoms with E-state index in [4.69, 9.17) is 0 Å². The Labute approximate surface area is 103 Å². The molecule has 0 aromatic carbocycles. The zero-order valence-corrected chi connectivity index (χ0v) is 11.3.